The van der Waals surface area contributed by atoms with E-state index < -0.39 is 0 Å². The van der Waals surface area contributed by atoms with Crippen LogP contribution in [-0.4, -0.2) is 33.7 Å². The zero-order valence-corrected chi connectivity index (χ0v) is 14.6. The summed E-state index contributed by atoms with van der Waals surface area (Å²) < 4.78 is 7.50. The largest absolute Gasteiger partial charge is 0.493 e. The number of pyridine rings is 1. The summed E-state index contributed by atoms with van der Waals surface area (Å²) in [7, 11) is 0. The number of ether oxygens (including phenoxy) is 1. The molecule has 4 rings (SSSR count). The van der Waals surface area contributed by atoms with Crippen LogP contribution in [0.5, 0.6) is 5.75 Å². The Balaban J connectivity index is 1.20. The summed E-state index contributed by atoms with van der Waals surface area (Å²) in [5, 5.41) is 11.3. The number of benzene rings is 1. The van der Waals surface area contributed by atoms with E-state index in [4.69, 9.17) is 4.74 Å². The lowest BCUT2D eigenvalue weighted by molar-refractivity contribution is -0.121. The van der Waals surface area contributed by atoms with Gasteiger partial charge in [-0.15, -0.1) is 10.2 Å². The molecule has 6 nitrogen and oxygen atoms in total. The van der Waals surface area contributed by atoms with Crippen LogP contribution in [0.15, 0.2) is 42.6 Å². The minimum atomic E-state index is 0.0906. The van der Waals surface area contributed by atoms with Gasteiger partial charge in [-0.1, -0.05) is 18.2 Å². The highest BCUT2D eigenvalue weighted by atomic mass is 16.5. The van der Waals surface area contributed by atoms with Gasteiger partial charge in [-0.25, -0.2) is 0 Å². The molecule has 1 aromatic carbocycles. The van der Waals surface area contributed by atoms with E-state index in [0.717, 1.165) is 49.5 Å². The summed E-state index contributed by atoms with van der Waals surface area (Å²) in [6, 6.07) is 12.1. The van der Waals surface area contributed by atoms with Gasteiger partial charge in [0, 0.05) is 32.0 Å². The highest BCUT2D eigenvalue weighted by Crippen LogP contribution is 2.26. The van der Waals surface area contributed by atoms with E-state index in [1.165, 1.54) is 11.1 Å². The first-order chi connectivity index (χ1) is 12.8. The van der Waals surface area contributed by atoms with Crippen molar-refractivity contribution in [2.24, 2.45) is 0 Å². The maximum atomic E-state index is 12.1. The molecule has 0 radical (unpaired) electrons. The number of fused-ring (bicyclic) bond motifs is 2. The molecule has 1 aliphatic rings. The van der Waals surface area contributed by atoms with Gasteiger partial charge in [-0.3, -0.25) is 9.20 Å². The molecule has 2 aromatic heterocycles. The Labute approximate surface area is 152 Å². The Hall–Kier alpha value is -2.89. The van der Waals surface area contributed by atoms with Crippen molar-refractivity contribution in [1.29, 1.82) is 0 Å². The van der Waals surface area contributed by atoms with Crippen LogP contribution in [0.3, 0.4) is 0 Å². The number of nitrogens with one attached hydrogen (secondary N) is 1. The average molecular weight is 350 g/mol. The Morgan fingerprint density at radius 1 is 1.19 bits per heavy atom. The summed E-state index contributed by atoms with van der Waals surface area (Å²) in [4.78, 5) is 12.1. The van der Waals surface area contributed by atoms with Gasteiger partial charge in [0.2, 0.25) is 5.91 Å². The standard InChI is InChI=1S/C20H22N4O2/c25-20(9-7-15-6-8-17-16(14-15)10-13-26-17)21-11-3-5-19-23-22-18-4-1-2-12-24(18)19/h1-2,4,6,8,12,14H,3,5,7,9-11,13H2,(H,21,25). The highest BCUT2D eigenvalue weighted by Gasteiger charge is 2.12. The maximum Gasteiger partial charge on any atom is 0.220 e. The topological polar surface area (TPSA) is 68.5 Å². The zero-order chi connectivity index (χ0) is 17.8. The lowest BCUT2D eigenvalue weighted by Crippen LogP contribution is -2.25. The summed E-state index contributed by atoms with van der Waals surface area (Å²) in [6.45, 7) is 1.42. The fourth-order valence-corrected chi connectivity index (χ4v) is 3.28. The molecule has 0 atom stereocenters. The normalized spacial score (nSPS) is 12.8. The number of hydrogen-bond donors (Lipinski definition) is 1. The SMILES string of the molecule is O=C(CCc1ccc2c(c1)CCO2)NCCCc1nnc2ccccn12. The van der Waals surface area contributed by atoms with Crippen LogP contribution in [0.25, 0.3) is 5.65 Å². The number of nitrogens with zero attached hydrogens (tertiary/aromatic N) is 3. The maximum absolute atomic E-state index is 12.1. The second kappa shape index (κ2) is 7.56. The van der Waals surface area contributed by atoms with Crippen molar-refractivity contribution in [1.82, 2.24) is 19.9 Å². The molecular weight excluding hydrogens is 328 g/mol. The molecule has 6 heteroatoms. The molecule has 0 unspecified atom stereocenters. The molecule has 3 heterocycles. The first kappa shape index (κ1) is 16.6. The zero-order valence-electron chi connectivity index (χ0n) is 14.6. The fraction of sp³-hybridized carbons (Fsp3) is 0.350. The molecule has 3 aromatic rings. The van der Waals surface area contributed by atoms with Crippen molar-refractivity contribution in [3.63, 3.8) is 0 Å². The van der Waals surface area contributed by atoms with E-state index in [1.54, 1.807) is 0 Å². The van der Waals surface area contributed by atoms with Crippen LogP contribution in [0.4, 0.5) is 0 Å². The fourth-order valence-electron chi connectivity index (χ4n) is 3.28. The quantitative estimate of drug-likeness (QED) is 0.664. The molecule has 0 fully saturated rings. The van der Waals surface area contributed by atoms with Crippen molar-refractivity contribution < 1.29 is 9.53 Å². The average Bonchev–Trinajstić information content (AvgIpc) is 3.30. The smallest absolute Gasteiger partial charge is 0.220 e. The minimum Gasteiger partial charge on any atom is -0.493 e. The van der Waals surface area contributed by atoms with Crippen molar-refractivity contribution in [3.8, 4) is 5.75 Å². The number of amides is 1. The van der Waals surface area contributed by atoms with Gasteiger partial charge >= 0.3 is 0 Å². The molecule has 1 N–H and O–H groups in total. The molecule has 134 valence electrons. The van der Waals surface area contributed by atoms with E-state index in [-0.39, 0.29) is 5.91 Å². The van der Waals surface area contributed by atoms with Crippen molar-refractivity contribution >= 4 is 11.6 Å². The predicted octanol–water partition coefficient (Wildman–Crippen LogP) is 2.35. The molecular formula is C20H22N4O2. The Morgan fingerprint density at radius 2 is 2.15 bits per heavy atom. The van der Waals surface area contributed by atoms with Crippen LogP contribution < -0.4 is 10.1 Å². The molecule has 1 aliphatic heterocycles. The number of aryl methyl sites for hydroxylation is 2. The van der Waals surface area contributed by atoms with Crippen LogP contribution in [0, 0.1) is 0 Å². The Bertz CT molecular complexity index is 919. The molecule has 26 heavy (non-hydrogen) atoms. The second-order valence-electron chi connectivity index (χ2n) is 6.54. The van der Waals surface area contributed by atoms with E-state index in [9.17, 15) is 4.79 Å². The van der Waals surface area contributed by atoms with E-state index in [0.29, 0.717) is 13.0 Å². The molecule has 0 saturated heterocycles. The molecule has 0 spiro atoms. The minimum absolute atomic E-state index is 0.0906. The van der Waals surface area contributed by atoms with Crippen LogP contribution in [0.1, 0.15) is 29.8 Å². The third-order valence-electron chi connectivity index (χ3n) is 4.68. The van der Waals surface area contributed by atoms with Gasteiger partial charge in [0.05, 0.1) is 6.61 Å². The van der Waals surface area contributed by atoms with Crippen LogP contribution >= 0.6 is 0 Å². The molecule has 0 bridgehead atoms. The van der Waals surface area contributed by atoms with Gasteiger partial charge < -0.3 is 10.1 Å². The number of carbonyl (C=O) groups is 1. The molecule has 0 aliphatic carbocycles. The van der Waals surface area contributed by atoms with Crippen LogP contribution in [-0.2, 0) is 24.1 Å². The lowest BCUT2D eigenvalue weighted by Gasteiger charge is -2.06. The number of carbonyl (C=O) groups excluding carboxylic acids is 1. The van der Waals surface area contributed by atoms with E-state index in [2.05, 4.69) is 21.6 Å². The van der Waals surface area contributed by atoms with Gasteiger partial charge in [0.25, 0.3) is 0 Å². The third-order valence-corrected chi connectivity index (χ3v) is 4.68. The van der Waals surface area contributed by atoms with Crippen LogP contribution in [0.2, 0.25) is 0 Å². The predicted molar refractivity (Wildman–Crippen MR) is 98.3 cm³/mol. The molecule has 0 saturated carbocycles. The lowest BCUT2D eigenvalue weighted by atomic mass is 10.0. The van der Waals surface area contributed by atoms with Gasteiger partial charge in [-0.2, -0.15) is 0 Å². The number of aromatic nitrogens is 3. The van der Waals surface area contributed by atoms with Crippen molar-refractivity contribution in [3.05, 3.63) is 59.5 Å². The Morgan fingerprint density at radius 3 is 3.12 bits per heavy atom. The van der Waals surface area contributed by atoms with Gasteiger partial charge in [-0.05, 0) is 42.2 Å². The van der Waals surface area contributed by atoms with Crippen molar-refractivity contribution in [2.45, 2.75) is 32.1 Å². The summed E-state index contributed by atoms with van der Waals surface area (Å²) in [5.41, 5.74) is 3.30. The van der Waals surface area contributed by atoms with Crippen molar-refractivity contribution in [2.75, 3.05) is 13.2 Å². The van der Waals surface area contributed by atoms with E-state index in [1.807, 2.05) is 40.9 Å². The van der Waals surface area contributed by atoms with Gasteiger partial charge in [0.15, 0.2) is 5.65 Å². The number of rotatable bonds is 7. The third kappa shape index (κ3) is 3.69. The second-order valence-corrected chi connectivity index (χ2v) is 6.54. The summed E-state index contributed by atoms with van der Waals surface area (Å²) >= 11 is 0. The first-order valence-electron chi connectivity index (χ1n) is 9.09. The Kier molecular flexibility index (Phi) is 4.82. The number of hydrogen-bond acceptors (Lipinski definition) is 4. The molecule has 1 amide bonds. The summed E-state index contributed by atoms with van der Waals surface area (Å²) in [5.74, 6) is 2.00. The van der Waals surface area contributed by atoms with Gasteiger partial charge in [0.1, 0.15) is 11.6 Å². The monoisotopic (exact) mass is 350 g/mol. The first-order valence-corrected chi connectivity index (χ1v) is 9.09. The summed E-state index contributed by atoms with van der Waals surface area (Å²) in [6.07, 6.45) is 5.83. The van der Waals surface area contributed by atoms with E-state index >= 15 is 0 Å². The highest BCUT2D eigenvalue weighted by molar-refractivity contribution is 5.76.